The molecule has 0 aliphatic heterocycles. The molecule has 0 bridgehead atoms. The van der Waals surface area contributed by atoms with Gasteiger partial charge in [-0.2, -0.15) is 0 Å². The molecular formula is C26H27NO3. The Hall–Kier alpha value is -3.11. The van der Waals surface area contributed by atoms with Gasteiger partial charge in [-0.3, -0.25) is 0 Å². The summed E-state index contributed by atoms with van der Waals surface area (Å²) in [5.41, 5.74) is 6.99. The second-order valence-electron chi connectivity index (χ2n) is 7.63. The minimum atomic E-state index is -0.463. The number of benzene rings is 3. The Labute approximate surface area is 177 Å². The van der Waals surface area contributed by atoms with E-state index in [9.17, 15) is 9.90 Å². The highest BCUT2D eigenvalue weighted by Gasteiger charge is 2.29. The monoisotopic (exact) mass is 401 g/mol. The van der Waals surface area contributed by atoms with Gasteiger partial charge in [-0.1, -0.05) is 79.7 Å². The molecule has 1 aliphatic rings. The minimum absolute atomic E-state index is 0.0101. The predicted molar refractivity (Wildman–Crippen MR) is 118 cm³/mol. The number of hydrogen-bond donors (Lipinski definition) is 2. The van der Waals surface area contributed by atoms with E-state index in [0.29, 0.717) is 6.42 Å². The molecule has 0 saturated heterocycles. The van der Waals surface area contributed by atoms with Crippen LogP contribution in [0, 0.1) is 0 Å². The largest absolute Gasteiger partial charge is 0.449 e. The van der Waals surface area contributed by atoms with Gasteiger partial charge in [-0.15, -0.1) is 0 Å². The number of amides is 1. The fraction of sp³-hybridized carbons (Fsp3) is 0.269. The number of hydrogen-bond acceptors (Lipinski definition) is 3. The van der Waals surface area contributed by atoms with Crippen LogP contribution in [0.4, 0.5) is 4.79 Å². The summed E-state index contributed by atoms with van der Waals surface area (Å²) in [5.74, 6) is 0.0308. The summed E-state index contributed by atoms with van der Waals surface area (Å²) in [6.45, 7) is 2.37. The average Bonchev–Trinajstić information content (AvgIpc) is 3.11. The van der Waals surface area contributed by atoms with Gasteiger partial charge in [-0.05, 0) is 46.2 Å². The predicted octanol–water partition coefficient (Wildman–Crippen LogP) is 5.21. The molecule has 3 aromatic carbocycles. The second kappa shape index (κ2) is 9.14. The van der Waals surface area contributed by atoms with Crippen LogP contribution in [0.25, 0.3) is 11.1 Å². The van der Waals surface area contributed by atoms with Crippen LogP contribution in [0.5, 0.6) is 0 Å². The Bertz CT molecular complexity index is 967. The van der Waals surface area contributed by atoms with Crippen LogP contribution < -0.4 is 5.32 Å². The van der Waals surface area contributed by atoms with Crippen molar-refractivity contribution in [3.8, 4) is 11.1 Å². The summed E-state index contributed by atoms with van der Waals surface area (Å²) in [5, 5.41) is 12.4. The molecule has 30 heavy (non-hydrogen) atoms. The van der Waals surface area contributed by atoms with Crippen molar-refractivity contribution < 1.29 is 14.6 Å². The molecule has 154 valence electrons. The number of aliphatic hydroxyl groups excluding tert-OH is 1. The first-order valence-electron chi connectivity index (χ1n) is 10.5. The number of rotatable bonds is 7. The summed E-state index contributed by atoms with van der Waals surface area (Å²) >= 11 is 0. The molecule has 1 amide bonds. The van der Waals surface area contributed by atoms with E-state index in [0.717, 1.165) is 12.0 Å². The summed E-state index contributed by atoms with van der Waals surface area (Å²) < 4.78 is 5.65. The Balaban J connectivity index is 1.45. The Kier molecular flexibility index (Phi) is 6.15. The lowest BCUT2D eigenvalue weighted by Crippen LogP contribution is -2.31. The fourth-order valence-corrected chi connectivity index (χ4v) is 4.22. The molecule has 0 fully saturated rings. The first-order chi connectivity index (χ1) is 14.7. The molecule has 0 unspecified atom stereocenters. The molecule has 1 aliphatic carbocycles. The number of aliphatic hydroxyl groups is 1. The van der Waals surface area contributed by atoms with Gasteiger partial charge in [0.25, 0.3) is 0 Å². The molecule has 3 aromatic rings. The first-order valence-corrected chi connectivity index (χ1v) is 10.5. The molecular weight excluding hydrogens is 374 g/mol. The van der Waals surface area contributed by atoms with Crippen LogP contribution in [-0.4, -0.2) is 24.4 Å². The molecule has 1 atom stereocenters. The minimum Gasteiger partial charge on any atom is -0.449 e. The zero-order valence-corrected chi connectivity index (χ0v) is 17.2. The van der Waals surface area contributed by atoms with E-state index < -0.39 is 6.09 Å². The molecule has 0 saturated carbocycles. The molecule has 0 aromatic heterocycles. The molecule has 0 heterocycles. The van der Waals surface area contributed by atoms with E-state index in [1.54, 1.807) is 0 Å². The third-order valence-corrected chi connectivity index (χ3v) is 5.84. The Morgan fingerprint density at radius 3 is 2.13 bits per heavy atom. The molecule has 4 heteroatoms. The topological polar surface area (TPSA) is 58.6 Å². The molecule has 4 nitrogen and oxygen atoms in total. The van der Waals surface area contributed by atoms with Crippen LogP contribution in [0.1, 0.15) is 47.6 Å². The third-order valence-electron chi connectivity index (χ3n) is 5.84. The highest BCUT2D eigenvalue weighted by molar-refractivity contribution is 5.79. The van der Waals surface area contributed by atoms with Crippen LogP contribution in [0.2, 0.25) is 0 Å². The van der Waals surface area contributed by atoms with E-state index in [1.165, 1.54) is 27.8 Å². The Morgan fingerprint density at radius 2 is 1.57 bits per heavy atom. The zero-order valence-electron chi connectivity index (χ0n) is 17.2. The quantitative estimate of drug-likeness (QED) is 0.571. The molecule has 4 rings (SSSR count). The maximum atomic E-state index is 12.6. The number of fused-ring (bicyclic) bond motifs is 3. The first kappa shape index (κ1) is 20.2. The normalized spacial score (nSPS) is 13.4. The van der Waals surface area contributed by atoms with Crippen molar-refractivity contribution in [2.45, 2.75) is 31.7 Å². The van der Waals surface area contributed by atoms with Gasteiger partial charge in [0, 0.05) is 12.5 Å². The van der Waals surface area contributed by atoms with Crippen LogP contribution in [0.3, 0.4) is 0 Å². The van der Waals surface area contributed by atoms with Gasteiger partial charge in [0.1, 0.15) is 6.61 Å². The van der Waals surface area contributed by atoms with Gasteiger partial charge >= 0.3 is 6.09 Å². The average molecular weight is 402 g/mol. The van der Waals surface area contributed by atoms with Gasteiger partial charge in [0.2, 0.25) is 0 Å². The van der Waals surface area contributed by atoms with Gasteiger partial charge in [0.15, 0.2) is 0 Å². The van der Waals surface area contributed by atoms with Crippen LogP contribution in [-0.2, 0) is 11.2 Å². The number of nitrogens with one attached hydrogen (secondary N) is 1. The summed E-state index contributed by atoms with van der Waals surface area (Å²) in [7, 11) is 0. The summed E-state index contributed by atoms with van der Waals surface area (Å²) in [6, 6.07) is 24.4. The number of alkyl carbamates (subject to hydrolysis) is 1. The molecule has 0 radical (unpaired) electrons. The second-order valence-corrected chi connectivity index (χ2v) is 7.63. The summed E-state index contributed by atoms with van der Waals surface area (Å²) in [4.78, 5) is 12.6. The SMILES string of the molecule is CCc1ccc([C@H](CCO)NC(=O)OCC2c3ccccc3-c3ccccc32)cc1. The lowest BCUT2D eigenvalue weighted by Gasteiger charge is -2.20. The maximum Gasteiger partial charge on any atom is 0.407 e. The van der Waals surface area contributed by atoms with E-state index in [2.05, 4.69) is 48.6 Å². The van der Waals surface area contributed by atoms with Crippen molar-refractivity contribution in [3.63, 3.8) is 0 Å². The third kappa shape index (κ3) is 4.10. The van der Waals surface area contributed by atoms with Gasteiger partial charge < -0.3 is 15.2 Å². The van der Waals surface area contributed by atoms with E-state index in [-0.39, 0.29) is 25.2 Å². The number of carbonyl (C=O) groups excluding carboxylic acids is 1. The number of carbonyl (C=O) groups is 1. The summed E-state index contributed by atoms with van der Waals surface area (Å²) in [6.07, 6.45) is 0.940. The fourth-order valence-electron chi connectivity index (χ4n) is 4.22. The lowest BCUT2D eigenvalue weighted by molar-refractivity contribution is 0.136. The van der Waals surface area contributed by atoms with Crippen LogP contribution in [0.15, 0.2) is 72.8 Å². The maximum absolute atomic E-state index is 12.6. The number of aryl methyl sites for hydroxylation is 1. The van der Waals surface area contributed by atoms with Crippen molar-refractivity contribution in [3.05, 3.63) is 95.1 Å². The smallest absolute Gasteiger partial charge is 0.407 e. The van der Waals surface area contributed by atoms with Crippen molar-refractivity contribution in [1.82, 2.24) is 5.32 Å². The van der Waals surface area contributed by atoms with Crippen molar-refractivity contribution in [2.24, 2.45) is 0 Å². The number of ether oxygens (including phenoxy) is 1. The van der Waals surface area contributed by atoms with Gasteiger partial charge in [-0.25, -0.2) is 4.79 Å². The standard InChI is InChI=1S/C26H27NO3/c1-2-18-11-13-19(14-12-18)25(15-16-28)27-26(29)30-17-24-22-9-5-3-7-20(22)21-8-4-6-10-23(21)24/h3-14,24-25,28H,2,15-17H2,1H3,(H,27,29)/t25-/m0/s1. The van der Waals surface area contributed by atoms with E-state index in [1.807, 2.05) is 36.4 Å². The molecule has 2 N–H and O–H groups in total. The highest BCUT2D eigenvalue weighted by atomic mass is 16.5. The zero-order chi connectivity index (χ0) is 20.9. The van der Waals surface area contributed by atoms with Gasteiger partial charge in [0.05, 0.1) is 6.04 Å². The molecule has 0 spiro atoms. The van der Waals surface area contributed by atoms with Crippen molar-refractivity contribution >= 4 is 6.09 Å². The van der Waals surface area contributed by atoms with Crippen LogP contribution >= 0.6 is 0 Å². The highest BCUT2D eigenvalue weighted by Crippen LogP contribution is 2.44. The van der Waals surface area contributed by atoms with E-state index >= 15 is 0 Å². The van der Waals surface area contributed by atoms with E-state index in [4.69, 9.17) is 4.74 Å². The lowest BCUT2D eigenvalue weighted by atomic mass is 9.98. The Morgan fingerprint density at radius 1 is 0.967 bits per heavy atom. The van der Waals surface area contributed by atoms with Crippen molar-refractivity contribution in [2.75, 3.05) is 13.2 Å². The van der Waals surface area contributed by atoms with Crippen molar-refractivity contribution in [1.29, 1.82) is 0 Å².